The van der Waals surface area contributed by atoms with Gasteiger partial charge in [-0.3, -0.25) is 9.59 Å². The van der Waals surface area contributed by atoms with Gasteiger partial charge in [-0.15, -0.1) is 0 Å². The van der Waals surface area contributed by atoms with Crippen LogP contribution in [0.2, 0.25) is 0 Å². The Morgan fingerprint density at radius 3 is 2.32 bits per heavy atom. The molecule has 1 saturated carbocycles. The van der Waals surface area contributed by atoms with Crippen LogP contribution in [0.1, 0.15) is 37.7 Å². The number of anilines is 1. The summed E-state index contributed by atoms with van der Waals surface area (Å²) in [6.07, 6.45) is 3.05. The van der Waals surface area contributed by atoms with Gasteiger partial charge in [-0.2, -0.15) is 0 Å². The molecule has 1 amide bonds. The van der Waals surface area contributed by atoms with E-state index in [4.69, 9.17) is 0 Å². The highest BCUT2D eigenvalue weighted by Gasteiger charge is 2.42. The fourth-order valence-electron chi connectivity index (χ4n) is 2.67. The molecule has 1 aliphatic rings. The van der Waals surface area contributed by atoms with E-state index in [0.717, 1.165) is 18.4 Å². The van der Waals surface area contributed by atoms with E-state index < -0.39 is 11.4 Å². The molecule has 1 fully saturated rings. The van der Waals surface area contributed by atoms with Gasteiger partial charge in [0.05, 0.1) is 5.41 Å². The Hall–Kier alpha value is -1.84. The second kappa shape index (κ2) is 5.43. The van der Waals surface area contributed by atoms with Crippen LogP contribution >= 0.6 is 0 Å². The smallest absolute Gasteiger partial charge is 0.310 e. The van der Waals surface area contributed by atoms with Gasteiger partial charge >= 0.3 is 5.97 Å². The van der Waals surface area contributed by atoms with Crippen molar-refractivity contribution in [3.05, 3.63) is 29.8 Å². The number of aryl methyl sites for hydroxylation is 1. The third kappa shape index (κ3) is 3.13. The molecule has 19 heavy (non-hydrogen) atoms. The van der Waals surface area contributed by atoms with Gasteiger partial charge < -0.3 is 10.4 Å². The maximum Gasteiger partial charge on any atom is 0.310 e. The maximum absolute atomic E-state index is 12.0. The Labute approximate surface area is 112 Å². The van der Waals surface area contributed by atoms with Gasteiger partial charge in [-0.05, 0) is 31.9 Å². The number of carboxylic acids is 1. The van der Waals surface area contributed by atoms with Crippen LogP contribution < -0.4 is 5.32 Å². The number of carbonyl (C=O) groups excluding carboxylic acids is 1. The second-order valence-corrected chi connectivity index (χ2v) is 5.38. The van der Waals surface area contributed by atoms with E-state index in [-0.39, 0.29) is 12.3 Å². The lowest BCUT2D eigenvalue weighted by Crippen LogP contribution is -2.32. The number of benzene rings is 1. The van der Waals surface area contributed by atoms with E-state index in [1.807, 2.05) is 31.2 Å². The zero-order valence-electron chi connectivity index (χ0n) is 11.1. The Bertz CT molecular complexity index is 473. The first-order valence-corrected chi connectivity index (χ1v) is 6.62. The van der Waals surface area contributed by atoms with Crippen molar-refractivity contribution in [2.24, 2.45) is 5.41 Å². The summed E-state index contributed by atoms with van der Waals surface area (Å²) in [6, 6.07) is 7.49. The van der Waals surface area contributed by atoms with E-state index in [9.17, 15) is 14.7 Å². The molecule has 1 aliphatic carbocycles. The van der Waals surface area contributed by atoms with Gasteiger partial charge in [0.15, 0.2) is 0 Å². The summed E-state index contributed by atoms with van der Waals surface area (Å²) in [5.41, 5.74) is 0.986. The van der Waals surface area contributed by atoms with E-state index in [1.54, 1.807) is 0 Å². The highest BCUT2D eigenvalue weighted by molar-refractivity contribution is 5.94. The van der Waals surface area contributed by atoms with Gasteiger partial charge in [0, 0.05) is 12.1 Å². The second-order valence-electron chi connectivity index (χ2n) is 5.38. The van der Waals surface area contributed by atoms with Crippen LogP contribution in [0.3, 0.4) is 0 Å². The van der Waals surface area contributed by atoms with Crippen molar-refractivity contribution < 1.29 is 14.7 Å². The van der Waals surface area contributed by atoms with E-state index in [2.05, 4.69) is 5.32 Å². The van der Waals surface area contributed by atoms with Crippen LogP contribution in [-0.2, 0) is 9.59 Å². The van der Waals surface area contributed by atoms with Crippen LogP contribution in [-0.4, -0.2) is 17.0 Å². The standard InChI is InChI=1S/C15H19NO3/c1-11-4-6-12(7-5-11)16-13(17)10-15(14(18)19)8-2-3-9-15/h4-7H,2-3,8-10H2,1H3,(H,16,17)(H,18,19). The average Bonchev–Trinajstić information content (AvgIpc) is 2.82. The molecule has 4 nitrogen and oxygen atoms in total. The van der Waals surface area contributed by atoms with Crippen LogP contribution in [0.5, 0.6) is 0 Å². The SMILES string of the molecule is Cc1ccc(NC(=O)CC2(C(=O)O)CCCC2)cc1. The Balaban J connectivity index is 2.00. The molecule has 0 heterocycles. The average molecular weight is 261 g/mol. The monoisotopic (exact) mass is 261 g/mol. The van der Waals surface area contributed by atoms with Crippen LogP contribution in [0.25, 0.3) is 0 Å². The lowest BCUT2D eigenvalue weighted by atomic mass is 9.82. The number of hydrogen-bond acceptors (Lipinski definition) is 2. The normalized spacial score (nSPS) is 17.1. The van der Waals surface area contributed by atoms with Crippen molar-refractivity contribution in [3.63, 3.8) is 0 Å². The van der Waals surface area contributed by atoms with Crippen LogP contribution in [0.15, 0.2) is 24.3 Å². The number of nitrogens with one attached hydrogen (secondary N) is 1. The molecule has 4 heteroatoms. The number of aliphatic carboxylic acids is 1. The molecule has 0 spiro atoms. The molecule has 0 unspecified atom stereocenters. The first-order chi connectivity index (χ1) is 9.02. The minimum Gasteiger partial charge on any atom is -0.481 e. The molecule has 102 valence electrons. The molecular weight excluding hydrogens is 242 g/mol. The fourth-order valence-corrected chi connectivity index (χ4v) is 2.67. The van der Waals surface area contributed by atoms with Crippen molar-refractivity contribution in [2.75, 3.05) is 5.32 Å². The predicted octanol–water partition coefficient (Wildman–Crippen LogP) is 2.97. The van der Waals surface area contributed by atoms with E-state index >= 15 is 0 Å². The summed E-state index contributed by atoms with van der Waals surface area (Å²) >= 11 is 0. The van der Waals surface area contributed by atoms with Gasteiger partial charge in [-0.1, -0.05) is 30.5 Å². The first kappa shape index (κ1) is 13.6. The van der Waals surface area contributed by atoms with E-state index in [1.165, 1.54) is 0 Å². The lowest BCUT2D eigenvalue weighted by Gasteiger charge is -2.22. The Morgan fingerprint density at radius 1 is 1.21 bits per heavy atom. The summed E-state index contributed by atoms with van der Waals surface area (Å²) in [4.78, 5) is 23.4. The van der Waals surface area contributed by atoms with Gasteiger partial charge in [0.2, 0.25) is 5.91 Å². The van der Waals surface area contributed by atoms with Crippen LogP contribution in [0.4, 0.5) is 5.69 Å². The number of carbonyl (C=O) groups is 2. The molecular formula is C15H19NO3. The molecule has 1 aromatic carbocycles. The van der Waals surface area contributed by atoms with Crippen molar-refractivity contribution in [1.29, 1.82) is 0 Å². The zero-order valence-corrected chi connectivity index (χ0v) is 11.1. The zero-order chi connectivity index (χ0) is 13.9. The van der Waals surface area contributed by atoms with Gasteiger partial charge in [0.25, 0.3) is 0 Å². The summed E-state index contributed by atoms with van der Waals surface area (Å²) < 4.78 is 0. The molecule has 0 atom stereocenters. The van der Waals surface area contributed by atoms with Crippen molar-refractivity contribution in [3.8, 4) is 0 Å². The lowest BCUT2D eigenvalue weighted by molar-refractivity contribution is -0.150. The quantitative estimate of drug-likeness (QED) is 0.875. The maximum atomic E-state index is 12.0. The van der Waals surface area contributed by atoms with E-state index in [0.29, 0.717) is 18.5 Å². The minimum atomic E-state index is -0.852. The molecule has 2 N–H and O–H groups in total. The molecule has 0 aliphatic heterocycles. The predicted molar refractivity (Wildman–Crippen MR) is 73.0 cm³/mol. The van der Waals surface area contributed by atoms with Gasteiger partial charge in [-0.25, -0.2) is 0 Å². The molecule has 1 aromatic rings. The molecule has 0 radical (unpaired) electrons. The first-order valence-electron chi connectivity index (χ1n) is 6.62. The van der Waals surface area contributed by atoms with Crippen molar-refractivity contribution >= 4 is 17.6 Å². The Morgan fingerprint density at radius 2 is 1.79 bits per heavy atom. The molecule has 0 bridgehead atoms. The molecule has 0 saturated heterocycles. The number of carboxylic acid groups (broad SMARTS) is 1. The summed E-state index contributed by atoms with van der Waals surface area (Å²) in [5, 5.41) is 12.1. The topological polar surface area (TPSA) is 66.4 Å². The highest BCUT2D eigenvalue weighted by atomic mass is 16.4. The highest BCUT2D eigenvalue weighted by Crippen LogP contribution is 2.41. The van der Waals surface area contributed by atoms with Crippen molar-refractivity contribution in [2.45, 2.75) is 39.0 Å². The van der Waals surface area contributed by atoms with Crippen molar-refractivity contribution in [1.82, 2.24) is 0 Å². The number of amides is 1. The summed E-state index contributed by atoms with van der Waals surface area (Å²) in [7, 11) is 0. The summed E-state index contributed by atoms with van der Waals surface area (Å²) in [6.45, 7) is 1.98. The minimum absolute atomic E-state index is 0.0657. The number of rotatable bonds is 4. The third-order valence-corrected chi connectivity index (χ3v) is 3.85. The number of hydrogen-bond donors (Lipinski definition) is 2. The Kier molecular flexibility index (Phi) is 3.88. The molecule has 0 aromatic heterocycles. The summed E-state index contributed by atoms with van der Waals surface area (Å²) in [5.74, 6) is -1.06. The fraction of sp³-hybridized carbons (Fsp3) is 0.467. The molecule has 2 rings (SSSR count). The van der Waals surface area contributed by atoms with Gasteiger partial charge in [0.1, 0.15) is 0 Å². The largest absolute Gasteiger partial charge is 0.481 e. The van der Waals surface area contributed by atoms with Crippen LogP contribution in [0, 0.1) is 12.3 Å². The third-order valence-electron chi connectivity index (χ3n) is 3.85.